The number of esters is 1. The second-order valence-electron chi connectivity index (χ2n) is 4.11. The molecule has 0 aliphatic heterocycles. The molecule has 1 aromatic carbocycles. The molecule has 1 unspecified atom stereocenters. The van der Waals surface area contributed by atoms with Crippen molar-refractivity contribution in [1.29, 1.82) is 0 Å². The molecule has 5 heteroatoms. The van der Waals surface area contributed by atoms with Crippen LogP contribution in [-0.4, -0.2) is 19.1 Å². The SMILES string of the molecule is COC(=O)C(Nc1ccc(F)cc1I)C1CC1. The molecular weight excluding hydrogens is 336 g/mol. The lowest BCUT2D eigenvalue weighted by Crippen LogP contribution is -2.33. The molecule has 0 amide bonds. The molecule has 1 fully saturated rings. The van der Waals surface area contributed by atoms with E-state index in [4.69, 9.17) is 4.74 Å². The average molecular weight is 349 g/mol. The molecule has 1 N–H and O–H groups in total. The molecule has 3 nitrogen and oxygen atoms in total. The van der Waals surface area contributed by atoms with Gasteiger partial charge in [-0.25, -0.2) is 9.18 Å². The van der Waals surface area contributed by atoms with Crippen molar-refractivity contribution in [2.75, 3.05) is 12.4 Å². The molecule has 92 valence electrons. The number of nitrogens with one attached hydrogen (secondary N) is 1. The Morgan fingerprint density at radius 2 is 2.29 bits per heavy atom. The van der Waals surface area contributed by atoms with E-state index in [0.29, 0.717) is 5.92 Å². The second kappa shape index (κ2) is 5.20. The fraction of sp³-hybridized carbons (Fsp3) is 0.417. The van der Waals surface area contributed by atoms with E-state index in [0.717, 1.165) is 22.1 Å². The monoisotopic (exact) mass is 349 g/mol. The van der Waals surface area contributed by atoms with Gasteiger partial charge in [0, 0.05) is 9.26 Å². The van der Waals surface area contributed by atoms with Crippen molar-refractivity contribution in [2.45, 2.75) is 18.9 Å². The maximum atomic E-state index is 13.0. The van der Waals surface area contributed by atoms with Crippen LogP contribution in [0.3, 0.4) is 0 Å². The number of methoxy groups -OCH3 is 1. The van der Waals surface area contributed by atoms with Gasteiger partial charge in [-0.1, -0.05) is 0 Å². The van der Waals surface area contributed by atoms with Gasteiger partial charge in [-0.05, 0) is 59.5 Å². The predicted molar refractivity (Wildman–Crippen MR) is 71.3 cm³/mol. The van der Waals surface area contributed by atoms with Crippen LogP contribution in [0.15, 0.2) is 18.2 Å². The molecule has 2 rings (SSSR count). The number of halogens is 2. The minimum absolute atomic E-state index is 0.257. The molecule has 0 spiro atoms. The molecule has 1 atom stereocenters. The molecule has 0 bridgehead atoms. The summed E-state index contributed by atoms with van der Waals surface area (Å²) in [5, 5.41) is 3.14. The summed E-state index contributed by atoms with van der Waals surface area (Å²) in [7, 11) is 1.38. The summed E-state index contributed by atoms with van der Waals surface area (Å²) in [6.07, 6.45) is 2.06. The van der Waals surface area contributed by atoms with E-state index in [-0.39, 0.29) is 17.8 Å². The largest absolute Gasteiger partial charge is 0.467 e. The molecular formula is C12H13FINO2. The Balaban J connectivity index is 2.14. The van der Waals surface area contributed by atoms with Crippen LogP contribution in [0.2, 0.25) is 0 Å². The molecule has 0 radical (unpaired) electrons. The third-order valence-electron chi connectivity index (χ3n) is 2.79. The van der Waals surface area contributed by atoms with Crippen molar-refractivity contribution >= 4 is 34.2 Å². The van der Waals surface area contributed by atoms with Crippen molar-refractivity contribution in [3.8, 4) is 0 Å². The van der Waals surface area contributed by atoms with Gasteiger partial charge in [-0.2, -0.15) is 0 Å². The van der Waals surface area contributed by atoms with E-state index in [2.05, 4.69) is 5.32 Å². The Morgan fingerprint density at radius 1 is 1.59 bits per heavy atom. The van der Waals surface area contributed by atoms with Crippen molar-refractivity contribution in [2.24, 2.45) is 5.92 Å². The first-order valence-corrected chi connectivity index (χ1v) is 6.49. The molecule has 0 aromatic heterocycles. The quantitative estimate of drug-likeness (QED) is 0.671. The highest BCUT2D eigenvalue weighted by Gasteiger charge is 2.37. The van der Waals surface area contributed by atoms with Gasteiger partial charge in [0.15, 0.2) is 0 Å². The topological polar surface area (TPSA) is 38.3 Å². The molecule has 0 saturated heterocycles. The molecule has 1 aliphatic carbocycles. The van der Waals surface area contributed by atoms with Gasteiger partial charge in [0.25, 0.3) is 0 Å². The predicted octanol–water partition coefficient (Wildman–Crippen LogP) is 2.79. The summed E-state index contributed by atoms with van der Waals surface area (Å²) >= 11 is 2.04. The zero-order chi connectivity index (χ0) is 12.4. The molecule has 1 saturated carbocycles. The number of hydrogen-bond donors (Lipinski definition) is 1. The van der Waals surface area contributed by atoms with Gasteiger partial charge in [-0.15, -0.1) is 0 Å². The number of carbonyl (C=O) groups is 1. The van der Waals surface area contributed by atoms with E-state index < -0.39 is 0 Å². The van der Waals surface area contributed by atoms with E-state index in [1.807, 2.05) is 22.6 Å². The summed E-state index contributed by atoms with van der Waals surface area (Å²) in [4.78, 5) is 11.6. The third kappa shape index (κ3) is 3.08. The van der Waals surface area contributed by atoms with Crippen molar-refractivity contribution in [3.63, 3.8) is 0 Å². The Morgan fingerprint density at radius 3 is 2.82 bits per heavy atom. The lowest BCUT2D eigenvalue weighted by Gasteiger charge is -2.18. The Labute approximate surface area is 113 Å². The Hall–Kier alpha value is -0.850. The van der Waals surface area contributed by atoms with Gasteiger partial charge in [0.05, 0.1) is 7.11 Å². The lowest BCUT2D eigenvalue weighted by atomic mass is 10.1. The van der Waals surface area contributed by atoms with Crippen LogP contribution >= 0.6 is 22.6 Å². The van der Waals surface area contributed by atoms with Gasteiger partial charge >= 0.3 is 5.97 Å². The highest BCUT2D eigenvalue weighted by molar-refractivity contribution is 14.1. The fourth-order valence-corrected chi connectivity index (χ4v) is 2.33. The van der Waals surface area contributed by atoms with Gasteiger partial charge in [-0.3, -0.25) is 0 Å². The smallest absolute Gasteiger partial charge is 0.328 e. The summed E-state index contributed by atoms with van der Waals surface area (Å²) in [6, 6.07) is 4.14. The van der Waals surface area contributed by atoms with Crippen LogP contribution in [-0.2, 0) is 9.53 Å². The minimum atomic E-state index is -0.320. The number of ether oxygens (including phenoxy) is 1. The fourth-order valence-electron chi connectivity index (χ4n) is 1.70. The van der Waals surface area contributed by atoms with Crippen LogP contribution < -0.4 is 5.32 Å². The van der Waals surface area contributed by atoms with E-state index in [9.17, 15) is 9.18 Å². The lowest BCUT2D eigenvalue weighted by molar-refractivity contribution is -0.142. The average Bonchev–Trinajstić information content (AvgIpc) is 3.11. The maximum Gasteiger partial charge on any atom is 0.328 e. The zero-order valence-electron chi connectivity index (χ0n) is 9.37. The van der Waals surface area contributed by atoms with Crippen LogP contribution in [0.25, 0.3) is 0 Å². The van der Waals surface area contributed by atoms with E-state index >= 15 is 0 Å². The third-order valence-corrected chi connectivity index (χ3v) is 3.68. The van der Waals surface area contributed by atoms with E-state index in [1.54, 1.807) is 6.07 Å². The highest BCUT2D eigenvalue weighted by Crippen LogP contribution is 2.35. The first-order valence-electron chi connectivity index (χ1n) is 5.41. The van der Waals surface area contributed by atoms with Crippen LogP contribution in [0.1, 0.15) is 12.8 Å². The van der Waals surface area contributed by atoms with Gasteiger partial charge in [0.1, 0.15) is 11.9 Å². The maximum absolute atomic E-state index is 13.0. The van der Waals surface area contributed by atoms with Crippen molar-refractivity contribution in [1.82, 2.24) is 0 Å². The highest BCUT2D eigenvalue weighted by atomic mass is 127. The molecule has 17 heavy (non-hydrogen) atoms. The number of carbonyl (C=O) groups excluding carboxylic acids is 1. The first-order chi connectivity index (χ1) is 8.11. The second-order valence-corrected chi connectivity index (χ2v) is 5.27. The molecule has 1 aromatic rings. The number of rotatable bonds is 4. The van der Waals surface area contributed by atoms with Crippen molar-refractivity contribution in [3.05, 3.63) is 27.6 Å². The summed E-state index contributed by atoms with van der Waals surface area (Å²) in [5.41, 5.74) is 0.773. The minimum Gasteiger partial charge on any atom is -0.467 e. The summed E-state index contributed by atoms with van der Waals surface area (Å²) < 4.78 is 18.5. The number of hydrogen-bond acceptors (Lipinski definition) is 3. The van der Waals surface area contributed by atoms with Crippen LogP contribution in [0.5, 0.6) is 0 Å². The first kappa shape index (κ1) is 12.6. The molecule has 1 aliphatic rings. The standard InChI is InChI=1S/C12H13FINO2/c1-17-12(16)11(7-2-3-7)15-10-5-4-8(13)6-9(10)14/h4-7,11,15H,2-3H2,1H3. The zero-order valence-corrected chi connectivity index (χ0v) is 11.5. The van der Waals surface area contributed by atoms with Crippen molar-refractivity contribution < 1.29 is 13.9 Å². The molecule has 0 heterocycles. The van der Waals surface area contributed by atoms with Gasteiger partial charge < -0.3 is 10.1 Å². The van der Waals surface area contributed by atoms with Crippen LogP contribution in [0.4, 0.5) is 10.1 Å². The van der Waals surface area contributed by atoms with Gasteiger partial charge in [0.2, 0.25) is 0 Å². The number of anilines is 1. The van der Waals surface area contributed by atoms with E-state index in [1.165, 1.54) is 19.2 Å². The summed E-state index contributed by atoms with van der Waals surface area (Å²) in [6.45, 7) is 0. The normalized spacial score (nSPS) is 16.4. The number of benzene rings is 1. The Kier molecular flexibility index (Phi) is 3.86. The van der Waals surface area contributed by atoms with Crippen LogP contribution in [0, 0.1) is 15.3 Å². The Bertz CT molecular complexity index is 435. The summed E-state index contributed by atoms with van der Waals surface area (Å²) in [5.74, 6) is -0.197.